The van der Waals surface area contributed by atoms with E-state index in [4.69, 9.17) is 0 Å². The summed E-state index contributed by atoms with van der Waals surface area (Å²) < 4.78 is 0. The highest BCUT2D eigenvalue weighted by molar-refractivity contribution is 5.97. The Hall–Kier alpha value is -1.55. The molecule has 0 unspecified atom stereocenters. The first-order chi connectivity index (χ1) is 8.89. The van der Waals surface area contributed by atoms with Crippen LogP contribution in [0.2, 0.25) is 0 Å². The van der Waals surface area contributed by atoms with Crippen molar-refractivity contribution in [2.75, 3.05) is 26.2 Å². The van der Waals surface area contributed by atoms with Gasteiger partial charge in [-0.15, -0.1) is 0 Å². The van der Waals surface area contributed by atoms with Crippen LogP contribution in [0.25, 0.3) is 0 Å². The maximum Gasteiger partial charge on any atom is 0.257 e. The maximum atomic E-state index is 12.4. The Bertz CT molecular complexity index is 472. The molecule has 4 heteroatoms. The van der Waals surface area contributed by atoms with Gasteiger partial charge >= 0.3 is 0 Å². The number of carbonyl (C=O) groups excluding carboxylic acids is 1. The number of hydrogen-bond acceptors (Lipinski definition) is 3. The molecule has 0 aliphatic carbocycles. The number of amides is 1. The summed E-state index contributed by atoms with van der Waals surface area (Å²) in [4.78, 5) is 14.2. The van der Waals surface area contributed by atoms with Gasteiger partial charge in [-0.05, 0) is 23.1 Å². The number of rotatable bonds is 1. The molecular weight excluding hydrogens is 240 g/mol. The third-order valence-corrected chi connectivity index (χ3v) is 3.50. The van der Waals surface area contributed by atoms with Crippen molar-refractivity contribution < 1.29 is 9.90 Å². The molecule has 0 bridgehead atoms. The Morgan fingerprint density at radius 2 is 1.89 bits per heavy atom. The first kappa shape index (κ1) is 13.9. The van der Waals surface area contributed by atoms with Crippen molar-refractivity contribution in [2.45, 2.75) is 26.2 Å². The molecule has 1 aliphatic rings. The van der Waals surface area contributed by atoms with Crippen LogP contribution in [-0.4, -0.2) is 42.1 Å². The van der Waals surface area contributed by atoms with Crippen molar-refractivity contribution in [2.24, 2.45) is 0 Å². The number of piperazine rings is 1. The molecule has 2 rings (SSSR count). The molecule has 1 aromatic carbocycles. The van der Waals surface area contributed by atoms with E-state index in [0.29, 0.717) is 18.7 Å². The van der Waals surface area contributed by atoms with E-state index in [1.54, 1.807) is 11.0 Å². The minimum absolute atomic E-state index is 0.0355. The summed E-state index contributed by atoms with van der Waals surface area (Å²) in [6, 6.07) is 5.32. The summed E-state index contributed by atoms with van der Waals surface area (Å²) in [6.45, 7) is 9.29. The van der Waals surface area contributed by atoms with E-state index >= 15 is 0 Å². The molecule has 0 spiro atoms. The Labute approximate surface area is 114 Å². The van der Waals surface area contributed by atoms with Crippen molar-refractivity contribution in [3.8, 4) is 5.75 Å². The van der Waals surface area contributed by atoms with E-state index in [1.165, 1.54) is 0 Å². The van der Waals surface area contributed by atoms with Gasteiger partial charge in [0.2, 0.25) is 0 Å². The average molecular weight is 262 g/mol. The van der Waals surface area contributed by atoms with Crippen LogP contribution >= 0.6 is 0 Å². The van der Waals surface area contributed by atoms with Gasteiger partial charge in [0.05, 0.1) is 5.56 Å². The predicted molar refractivity (Wildman–Crippen MR) is 75.6 cm³/mol. The highest BCUT2D eigenvalue weighted by Gasteiger charge is 2.23. The quantitative estimate of drug-likeness (QED) is 0.810. The van der Waals surface area contributed by atoms with E-state index < -0.39 is 0 Å². The molecule has 4 nitrogen and oxygen atoms in total. The molecule has 0 atom stereocenters. The third kappa shape index (κ3) is 3.07. The largest absolute Gasteiger partial charge is 0.507 e. The molecule has 1 aliphatic heterocycles. The number of carbonyl (C=O) groups is 1. The van der Waals surface area contributed by atoms with Crippen LogP contribution in [0.1, 0.15) is 36.7 Å². The lowest BCUT2D eigenvalue weighted by atomic mass is 9.86. The molecule has 104 valence electrons. The monoisotopic (exact) mass is 262 g/mol. The van der Waals surface area contributed by atoms with Crippen LogP contribution in [-0.2, 0) is 5.41 Å². The zero-order valence-corrected chi connectivity index (χ0v) is 11.9. The van der Waals surface area contributed by atoms with E-state index in [2.05, 4.69) is 26.1 Å². The second-order valence-corrected chi connectivity index (χ2v) is 6.02. The third-order valence-electron chi connectivity index (χ3n) is 3.50. The summed E-state index contributed by atoms with van der Waals surface area (Å²) in [5, 5.41) is 13.2. The Balaban J connectivity index is 2.30. The molecule has 1 aromatic rings. The highest BCUT2D eigenvalue weighted by atomic mass is 16.3. The van der Waals surface area contributed by atoms with E-state index in [-0.39, 0.29) is 17.1 Å². The van der Waals surface area contributed by atoms with Gasteiger partial charge in [0.15, 0.2) is 0 Å². The molecule has 0 radical (unpaired) electrons. The lowest BCUT2D eigenvalue weighted by molar-refractivity contribution is 0.0732. The van der Waals surface area contributed by atoms with Crippen LogP contribution in [0.15, 0.2) is 18.2 Å². The van der Waals surface area contributed by atoms with Gasteiger partial charge in [0.1, 0.15) is 5.75 Å². The topological polar surface area (TPSA) is 52.6 Å². The second kappa shape index (κ2) is 5.21. The van der Waals surface area contributed by atoms with Crippen LogP contribution < -0.4 is 5.32 Å². The number of nitrogens with one attached hydrogen (secondary N) is 1. The van der Waals surface area contributed by atoms with Gasteiger partial charge in [-0.25, -0.2) is 0 Å². The van der Waals surface area contributed by atoms with Gasteiger partial charge in [-0.2, -0.15) is 0 Å². The number of hydrogen-bond donors (Lipinski definition) is 2. The normalized spacial score (nSPS) is 16.5. The lowest BCUT2D eigenvalue weighted by Crippen LogP contribution is -2.46. The second-order valence-electron chi connectivity index (χ2n) is 6.02. The summed E-state index contributed by atoms with van der Waals surface area (Å²) in [5.74, 6) is -0.0124. The number of phenolic OH excluding ortho intramolecular Hbond substituents is 1. The first-order valence-corrected chi connectivity index (χ1v) is 6.73. The zero-order chi connectivity index (χ0) is 14.0. The van der Waals surface area contributed by atoms with Gasteiger partial charge in [-0.3, -0.25) is 4.79 Å². The lowest BCUT2D eigenvalue weighted by Gasteiger charge is -2.28. The fourth-order valence-electron chi connectivity index (χ4n) is 2.21. The highest BCUT2D eigenvalue weighted by Crippen LogP contribution is 2.28. The Kier molecular flexibility index (Phi) is 3.80. The van der Waals surface area contributed by atoms with Gasteiger partial charge in [0, 0.05) is 26.2 Å². The van der Waals surface area contributed by atoms with E-state index in [9.17, 15) is 9.90 Å². The van der Waals surface area contributed by atoms with Gasteiger partial charge < -0.3 is 15.3 Å². The Morgan fingerprint density at radius 1 is 1.26 bits per heavy atom. The average Bonchev–Trinajstić information content (AvgIpc) is 2.38. The molecule has 2 N–H and O–H groups in total. The van der Waals surface area contributed by atoms with Crippen LogP contribution in [0.5, 0.6) is 5.75 Å². The number of aromatic hydroxyl groups is 1. The van der Waals surface area contributed by atoms with Gasteiger partial charge in [-0.1, -0.05) is 26.8 Å². The summed E-state index contributed by atoms with van der Waals surface area (Å²) >= 11 is 0. The summed E-state index contributed by atoms with van der Waals surface area (Å²) in [5.41, 5.74) is 1.43. The van der Waals surface area contributed by atoms with Crippen molar-refractivity contribution in [3.05, 3.63) is 29.3 Å². The minimum Gasteiger partial charge on any atom is -0.507 e. The standard InChI is InChI=1S/C15H22N2O2/c1-15(2,3)11-4-5-13(18)12(10-11)14(19)17-8-6-16-7-9-17/h4-5,10,16,18H,6-9H2,1-3H3. The molecular formula is C15H22N2O2. The maximum absolute atomic E-state index is 12.4. The fourth-order valence-corrected chi connectivity index (χ4v) is 2.21. The van der Waals surface area contributed by atoms with Crippen molar-refractivity contribution in [1.29, 1.82) is 0 Å². The number of benzene rings is 1. The molecule has 1 fully saturated rings. The van der Waals surface area contributed by atoms with Crippen molar-refractivity contribution in [3.63, 3.8) is 0 Å². The van der Waals surface area contributed by atoms with E-state index in [0.717, 1.165) is 18.7 Å². The Morgan fingerprint density at radius 3 is 2.47 bits per heavy atom. The molecule has 0 saturated carbocycles. The molecule has 1 heterocycles. The smallest absolute Gasteiger partial charge is 0.257 e. The molecule has 1 saturated heterocycles. The SMILES string of the molecule is CC(C)(C)c1ccc(O)c(C(=O)N2CCNCC2)c1. The van der Waals surface area contributed by atoms with Crippen molar-refractivity contribution in [1.82, 2.24) is 10.2 Å². The summed E-state index contributed by atoms with van der Waals surface area (Å²) in [6.07, 6.45) is 0. The zero-order valence-electron chi connectivity index (χ0n) is 11.9. The first-order valence-electron chi connectivity index (χ1n) is 6.73. The summed E-state index contributed by atoms with van der Waals surface area (Å²) in [7, 11) is 0. The molecule has 19 heavy (non-hydrogen) atoms. The molecule has 0 aromatic heterocycles. The number of phenols is 1. The number of nitrogens with zero attached hydrogens (tertiary/aromatic N) is 1. The van der Waals surface area contributed by atoms with Crippen LogP contribution in [0.4, 0.5) is 0 Å². The molecule has 1 amide bonds. The van der Waals surface area contributed by atoms with Crippen molar-refractivity contribution >= 4 is 5.91 Å². The van der Waals surface area contributed by atoms with Crippen LogP contribution in [0, 0.1) is 0 Å². The van der Waals surface area contributed by atoms with E-state index in [1.807, 2.05) is 12.1 Å². The predicted octanol–water partition coefficient (Wildman–Crippen LogP) is 1.74. The van der Waals surface area contributed by atoms with Crippen LogP contribution in [0.3, 0.4) is 0 Å². The minimum atomic E-state index is -0.0786. The van der Waals surface area contributed by atoms with Gasteiger partial charge in [0.25, 0.3) is 5.91 Å². The fraction of sp³-hybridized carbons (Fsp3) is 0.533.